The third-order valence-corrected chi connectivity index (χ3v) is 25.1. The van der Waals surface area contributed by atoms with E-state index >= 15 is 0 Å². The van der Waals surface area contributed by atoms with Gasteiger partial charge in [-0.3, -0.25) is 9.59 Å². The molecule has 4 fully saturated rings. The zero-order valence-electron chi connectivity index (χ0n) is 67.3. The third-order valence-electron chi connectivity index (χ3n) is 25.1. The molecule has 0 saturated heterocycles. The van der Waals surface area contributed by atoms with Gasteiger partial charge >= 0.3 is 0 Å². The molecule has 0 N–H and O–H groups in total. The second kappa shape index (κ2) is 35.4. The SMILES string of the molecule is Cc1ccc([C@@H]2Oc3ccc(C)cc3[C@@H]3C[C@@H](C#N)C[C@@H]32)cc1.Cc1ccc([C@@H]2Oc3ccc(C)cc3[C@@H]3C[C@H](C#N)C[C@@H]32)cc1.O=C1C[C@H]2[C@@H](C1)c1cc(OCc3ccccc3)ccc1O[C@H]2c1ccc(OCc2ccccc2)cc1.O=C1C[C@H]2[C@@H](C1)c1cc(OCc3ccccc3)ccc1O[C@H]2c1ccc(OCc2ccccc2)cc1. The van der Waals surface area contributed by atoms with Crippen molar-refractivity contribution in [3.63, 3.8) is 0 Å². The van der Waals surface area contributed by atoms with Gasteiger partial charge in [0.15, 0.2) is 0 Å². The molecular formula is C106H98N2O10. The number of nitriles is 2. The van der Waals surface area contributed by atoms with Crippen molar-refractivity contribution in [1.29, 1.82) is 10.5 Å². The minimum atomic E-state index is -0.159. The Morgan fingerprint density at radius 2 is 0.559 bits per heavy atom. The summed E-state index contributed by atoms with van der Waals surface area (Å²) in [7, 11) is 0. The fourth-order valence-corrected chi connectivity index (χ4v) is 19.1. The molecule has 12 nitrogen and oxygen atoms in total. The van der Waals surface area contributed by atoms with Crippen LogP contribution in [-0.4, -0.2) is 11.6 Å². The van der Waals surface area contributed by atoms with Crippen LogP contribution in [-0.2, 0) is 36.0 Å². The molecule has 0 aromatic heterocycles. The monoisotopic (exact) mass is 1560 g/mol. The lowest BCUT2D eigenvalue weighted by molar-refractivity contribution is -0.118. The van der Waals surface area contributed by atoms with Gasteiger partial charge < -0.3 is 37.9 Å². The van der Waals surface area contributed by atoms with Crippen molar-refractivity contribution >= 4 is 11.6 Å². The minimum Gasteiger partial charge on any atom is -0.489 e. The van der Waals surface area contributed by atoms with Crippen LogP contribution in [0.15, 0.2) is 291 Å². The van der Waals surface area contributed by atoms with Gasteiger partial charge in [0.25, 0.3) is 0 Å². The summed E-state index contributed by atoms with van der Waals surface area (Å²) >= 11 is 0. The molecule has 0 unspecified atom stereocenters. The molecule has 12 heteroatoms. The van der Waals surface area contributed by atoms with Gasteiger partial charge in [0.05, 0.1) is 12.1 Å². The van der Waals surface area contributed by atoms with Crippen LogP contribution in [0.4, 0.5) is 0 Å². The van der Waals surface area contributed by atoms with Crippen molar-refractivity contribution in [3.05, 3.63) is 380 Å². The first-order valence-corrected chi connectivity index (χ1v) is 41.7. The zero-order chi connectivity index (χ0) is 80.6. The van der Waals surface area contributed by atoms with Crippen LogP contribution >= 0.6 is 0 Å². The Hall–Kier alpha value is -12.6. The lowest BCUT2D eigenvalue weighted by Crippen LogP contribution is -2.26. The first-order chi connectivity index (χ1) is 57.8. The van der Waals surface area contributed by atoms with Crippen molar-refractivity contribution in [2.45, 2.75) is 154 Å². The molecule has 0 spiro atoms. The summed E-state index contributed by atoms with van der Waals surface area (Å²) in [5.41, 5.74) is 18.9. The number of fused-ring (bicyclic) bond motifs is 12. The van der Waals surface area contributed by atoms with E-state index in [-0.39, 0.29) is 59.9 Å². The highest BCUT2D eigenvalue weighted by molar-refractivity contribution is 5.84. The number of nitrogens with zero attached hydrogens (tertiary/aromatic N) is 2. The predicted molar refractivity (Wildman–Crippen MR) is 457 cm³/mol. The summed E-state index contributed by atoms with van der Waals surface area (Å²) in [4.78, 5) is 25.1. The molecule has 0 amide bonds. The maximum absolute atomic E-state index is 12.6. The molecule has 0 bridgehead atoms. The van der Waals surface area contributed by atoms with Gasteiger partial charge in [-0.2, -0.15) is 10.5 Å². The van der Waals surface area contributed by atoms with Crippen LogP contribution < -0.4 is 37.9 Å². The Balaban J connectivity index is 0.000000115. The Bertz CT molecular complexity index is 5230. The summed E-state index contributed by atoms with van der Waals surface area (Å²) in [5, 5.41) is 18.8. The molecule has 12 aromatic rings. The number of hydrogen-bond donors (Lipinski definition) is 0. The van der Waals surface area contributed by atoms with E-state index in [1.54, 1.807) is 0 Å². The van der Waals surface area contributed by atoms with Crippen molar-refractivity contribution < 1.29 is 47.5 Å². The molecule has 118 heavy (non-hydrogen) atoms. The van der Waals surface area contributed by atoms with Gasteiger partial charge in [-0.25, -0.2) is 0 Å². The number of Topliss-reactive ketones (excluding diaryl/α,β-unsaturated/α-hetero) is 2. The zero-order valence-corrected chi connectivity index (χ0v) is 67.3. The standard InChI is InChI=1S/2C32H28O4.2C21H21NO/c2*33-25-17-28-29-19-27(35-21-23-9-5-2-6-10-23)15-16-31(29)36-32(30(28)18-25)24-11-13-26(14-12-24)34-20-22-7-3-1-4-8-22;2*1-13-3-6-16(7-4-13)21-19-11-15(12-22)10-17(19)18-9-14(2)5-8-20(18)23-21/h2*1-16,19,28,30,32H,17-18,20-21H2;2*3-9,15,17,19,21H,10-11H2,1-2H3/t2*28-,30-,32-;15-,17+,19+,21+;15-,17-,19-,21-/m0010/s1. The lowest BCUT2D eigenvalue weighted by atomic mass is 9.79. The van der Waals surface area contributed by atoms with E-state index in [2.05, 4.69) is 210 Å². The van der Waals surface area contributed by atoms with Gasteiger partial charge in [-0.05, 0) is 194 Å². The van der Waals surface area contributed by atoms with Crippen LogP contribution in [0.3, 0.4) is 0 Å². The predicted octanol–water partition coefficient (Wildman–Crippen LogP) is 24.2. The van der Waals surface area contributed by atoms with Crippen molar-refractivity contribution in [3.8, 4) is 58.1 Å². The van der Waals surface area contributed by atoms with E-state index in [1.165, 1.54) is 44.5 Å². The van der Waals surface area contributed by atoms with Gasteiger partial charge in [0, 0.05) is 84.2 Å². The smallest absolute Gasteiger partial charge is 0.133 e. The maximum Gasteiger partial charge on any atom is 0.133 e. The fourth-order valence-electron chi connectivity index (χ4n) is 19.1. The first-order valence-electron chi connectivity index (χ1n) is 41.7. The molecule has 4 aliphatic carbocycles. The van der Waals surface area contributed by atoms with Gasteiger partial charge in [0.1, 0.15) is 108 Å². The summed E-state index contributed by atoms with van der Waals surface area (Å²) in [5.74, 6) is 10.00. The molecule has 4 aliphatic heterocycles. The minimum absolute atomic E-state index is 0.0640. The molecular weight excluding hydrogens is 1460 g/mol. The number of benzene rings is 12. The van der Waals surface area contributed by atoms with E-state index < -0.39 is 0 Å². The highest BCUT2D eigenvalue weighted by Gasteiger charge is 2.50. The Morgan fingerprint density at radius 1 is 0.288 bits per heavy atom. The molecule has 8 aliphatic rings. The Kier molecular flexibility index (Phi) is 23.4. The second-order valence-corrected chi connectivity index (χ2v) is 33.3. The van der Waals surface area contributed by atoms with Crippen LogP contribution in [0, 0.1) is 85.9 Å². The Labute approximate surface area is 692 Å². The van der Waals surface area contributed by atoms with Crippen LogP contribution in [0.2, 0.25) is 0 Å². The Morgan fingerprint density at radius 3 is 0.881 bits per heavy atom. The van der Waals surface area contributed by atoms with E-state index in [4.69, 9.17) is 37.9 Å². The number of rotatable bonds is 16. The number of aryl methyl sites for hydroxylation is 4. The maximum atomic E-state index is 12.6. The average molecular weight is 1560 g/mol. The van der Waals surface area contributed by atoms with Crippen LogP contribution in [0.25, 0.3) is 0 Å². The molecule has 12 aromatic carbocycles. The van der Waals surface area contributed by atoms with Crippen LogP contribution in [0.5, 0.6) is 46.0 Å². The number of ketones is 2. The highest BCUT2D eigenvalue weighted by atomic mass is 16.5. The normalized spacial score (nSPS) is 23.4. The summed E-state index contributed by atoms with van der Waals surface area (Å²) in [6.45, 7) is 10.5. The topological polar surface area (TPSA) is 156 Å². The second-order valence-electron chi connectivity index (χ2n) is 33.3. The molecule has 0 radical (unpaired) electrons. The highest BCUT2D eigenvalue weighted by Crippen LogP contribution is 2.59. The fraction of sp³-hybridized carbons (Fsp3) is 0.283. The van der Waals surface area contributed by atoms with Gasteiger partial charge in [-0.1, -0.05) is 241 Å². The average Bonchev–Trinajstić information content (AvgIpc) is 1.62. The number of carbonyl (C=O) groups excluding carboxylic acids is 2. The van der Waals surface area contributed by atoms with Crippen molar-refractivity contribution in [1.82, 2.24) is 0 Å². The van der Waals surface area contributed by atoms with Gasteiger partial charge in [0.2, 0.25) is 0 Å². The number of ether oxygens (including phenoxy) is 8. The van der Waals surface area contributed by atoms with E-state index in [0.29, 0.717) is 87.3 Å². The van der Waals surface area contributed by atoms with Crippen molar-refractivity contribution in [2.24, 2.45) is 35.5 Å². The third kappa shape index (κ3) is 17.7. The molecule has 592 valence electrons. The summed E-state index contributed by atoms with van der Waals surface area (Å²) < 4.78 is 49.9. The van der Waals surface area contributed by atoms with Crippen LogP contribution in [0.1, 0.15) is 188 Å². The van der Waals surface area contributed by atoms with Gasteiger partial charge in [-0.15, -0.1) is 0 Å². The number of hydrogen-bond acceptors (Lipinski definition) is 12. The molecule has 4 saturated carbocycles. The number of carbonyl (C=O) groups is 2. The molecule has 4 heterocycles. The quantitative estimate of drug-likeness (QED) is 0.0904. The van der Waals surface area contributed by atoms with Crippen molar-refractivity contribution in [2.75, 3.05) is 0 Å². The lowest BCUT2D eigenvalue weighted by Gasteiger charge is -2.36. The largest absolute Gasteiger partial charge is 0.489 e. The van der Waals surface area contributed by atoms with E-state index in [0.717, 1.165) is 116 Å². The molecule has 14 atom stereocenters. The van der Waals surface area contributed by atoms with E-state index in [1.807, 2.05) is 121 Å². The summed E-state index contributed by atoms with van der Waals surface area (Å²) in [6.07, 6.45) is 5.79. The first kappa shape index (κ1) is 77.9. The molecule has 20 rings (SSSR count). The summed E-state index contributed by atoms with van der Waals surface area (Å²) in [6, 6.07) is 104. The van der Waals surface area contributed by atoms with E-state index in [9.17, 15) is 20.1 Å².